The van der Waals surface area contributed by atoms with Crippen LogP contribution in [0.2, 0.25) is 0 Å². The Labute approximate surface area is 135 Å². The highest BCUT2D eigenvalue weighted by Gasteiger charge is 2.07. The molecule has 2 aromatic rings. The standard InChI is InChI=1S/C15H21N3OS.ClH/c1-11-7-8-12-13(10-11)20-15(17-12)18-14(19)6-4-2-3-5-9-16;/h7-8,10H,2-6,9,16H2,1H3,(H,17,18,19);1H. The largest absolute Gasteiger partial charge is 0.330 e. The zero-order chi connectivity index (χ0) is 14.4. The van der Waals surface area contributed by atoms with E-state index in [4.69, 9.17) is 5.73 Å². The van der Waals surface area contributed by atoms with Gasteiger partial charge in [-0.05, 0) is 44.0 Å². The number of unbranched alkanes of at least 4 members (excludes halogenated alkanes) is 3. The van der Waals surface area contributed by atoms with Gasteiger partial charge < -0.3 is 11.1 Å². The molecule has 1 amide bonds. The fourth-order valence-electron chi connectivity index (χ4n) is 2.05. The smallest absolute Gasteiger partial charge is 0.226 e. The van der Waals surface area contributed by atoms with Crippen molar-refractivity contribution in [2.45, 2.75) is 39.0 Å². The number of fused-ring (bicyclic) bond motifs is 1. The zero-order valence-electron chi connectivity index (χ0n) is 12.2. The Balaban J connectivity index is 0.00000220. The number of halogens is 1. The molecule has 3 N–H and O–H groups in total. The molecule has 21 heavy (non-hydrogen) atoms. The van der Waals surface area contributed by atoms with E-state index < -0.39 is 0 Å². The average Bonchev–Trinajstić information content (AvgIpc) is 2.79. The van der Waals surface area contributed by atoms with Gasteiger partial charge in [-0.1, -0.05) is 30.2 Å². The van der Waals surface area contributed by atoms with Crippen molar-refractivity contribution >= 4 is 45.0 Å². The van der Waals surface area contributed by atoms with Crippen molar-refractivity contribution in [2.75, 3.05) is 11.9 Å². The molecule has 1 aromatic carbocycles. The number of hydrogen-bond acceptors (Lipinski definition) is 4. The Morgan fingerprint density at radius 1 is 1.29 bits per heavy atom. The van der Waals surface area contributed by atoms with Crippen molar-refractivity contribution < 1.29 is 4.79 Å². The second-order valence-corrected chi connectivity index (χ2v) is 6.02. The van der Waals surface area contributed by atoms with E-state index in [-0.39, 0.29) is 18.3 Å². The lowest BCUT2D eigenvalue weighted by Crippen LogP contribution is -2.10. The van der Waals surface area contributed by atoms with Crippen LogP contribution in [0.4, 0.5) is 5.13 Å². The van der Waals surface area contributed by atoms with Gasteiger partial charge in [-0.2, -0.15) is 0 Å². The van der Waals surface area contributed by atoms with E-state index in [2.05, 4.69) is 23.3 Å². The summed E-state index contributed by atoms with van der Waals surface area (Å²) in [5, 5.41) is 3.58. The number of nitrogens with zero attached hydrogens (tertiary/aromatic N) is 1. The highest BCUT2D eigenvalue weighted by atomic mass is 35.5. The van der Waals surface area contributed by atoms with Crippen LogP contribution >= 0.6 is 23.7 Å². The van der Waals surface area contributed by atoms with Gasteiger partial charge in [0, 0.05) is 6.42 Å². The minimum atomic E-state index is 0. The summed E-state index contributed by atoms with van der Waals surface area (Å²) >= 11 is 1.53. The van der Waals surface area contributed by atoms with Crippen LogP contribution in [0, 0.1) is 6.92 Å². The third kappa shape index (κ3) is 5.61. The Morgan fingerprint density at radius 2 is 2.05 bits per heavy atom. The summed E-state index contributed by atoms with van der Waals surface area (Å²) in [4.78, 5) is 16.2. The number of nitrogens with two attached hydrogens (primary N) is 1. The van der Waals surface area contributed by atoms with Crippen LogP contribution in [0.25, 0.3) is 10.2 Å². The van der Waals surface area contributed by atoms with Crippen LogP contribution in [0.3, 0.4) is 0 Å². The summed E-state index contributed by atoms with van der Waals surface area (Å²) in [6.45, 7) is 2.79. The number of carbonyl (C=O) groups is 1. The van der Waals surface area contributed by atoms with Gasteiger partial charge in [0.25, 0.3) is 0 Å². The molecule has 6 heteroatoms. The Bertz CT molecular complexity index is 585. The number of thiazole rings is 1. The fourth-order valence-corrected chi connectivity index (χ4v) is 3.03. The van der Waals surface area contributed by atoms with Crippen LogP contribution in [0.15, 0.2) is 18.2 Å². The number of hydrogen-bond donors (Lipinski definition) is 2. The molecular formula is C15H22ClN3OS. The molecule has 0 atom stereocenters. The quantitative estimate of drug-likeness (QED) is 0.758. The zero-order valence-corrected chi connectivity index (χ0v) is 13.9. The minimum absolute atomic E-state index is 0. The maximum absolute atomic E-state index is 11.8. The normalized spacial score (nSPS) is 10.4. The first-order valence-corrected chi connectivity index (χ1v) is 7.88. The first-order valence-electron chi connectivity index (χ1n) is 7.06. The van der Waals surface area contributed by atoms with Crippen molar-refractivity contribution in [3.63, 3.8) is 0 Å². The Kier molecular flexibility index (Phi) is 7.64. The summed E-state index contributed by atoms with van der Waals surface area (Å²) < 4.78 is 1.11. The number of amides is 1. The van der Waals surface area contributed by atoms with Crippen LogP contribution in [-0.2, 0) is 4.79 Å². The van der Waals surface area contributed by atoms with Crippen LogP contribution in [-0.4, -0.2) is 17.4 Å². The van der Waals surface area contributed by atoms with Gasteiger partial charge in [-0.15, -0.1) is 12.4 Å². The first-order chi connectivity index (χ1) is 9.69. The van der Waals surface area contributed by atoms with Crippen molar-refractivity contribution in [3.05, 3.63) is 23.8 Å². The van der Waals surface area contributed by atoms with E-state index in [1.807, 2.05) is 12.1 Å². The molecule has 0 aliphatic heterocycles. The van der Waals surface area contributed by atoms with Gasteiger partial charge in [0.05, 0.1) is 10.2 Å². The summed E-state index contributed by atoms with van der Waals surface area (Å²) in [7, 11) is 0. The van der Waals surface area contributed by atoms with Crippen molar-refractivity contribution in [2.24, 2.45) is 5.73 Å². The van der Waals surface area contributed by atoms with Crippen molar-refractivity contribution in [1.82, 2.24) is 4.98 Å². The number of benzene rings is 1. The fraction of sp³-hybridized carbons (Fsp3) is 0.467. The molecule has 0 radical (unpaired) electrons. The third-order valence-electron chi connectivity index (χ3n) is 3.15. The number of aryl methyl sites for hydroxylation is 1. The van der Waals surface area contributed by atoms with Gasteiger partial charge in [-0.25, -0.2) is 4.98 Å². The van der Waals surface area contributed by atoms with Crippen LogP contribution < -0.4 is 11.1 Å². The lowest BCUT2D eigenvalue weighted by atomic mass is 10.1. The second-order valence-electron chi connectivity index (χ2n) is 4.99. The maximum Gasteiger partial charge on any atom is 0.226 e. The number of anilines is 1. The second kappa shape index (κ2) is 8.97. The first kappa shape index (κ1) is 17.9. The number of carbonyl (C=O) groups excluding carboxylic acids is 1. The van der Waals surface area contributed by atoms with E-state index in [0.29, 0.717) is 11.6 Å². The molecule has 0 aliphatic carbocycles. The lowest BCUT2D eigenvalue weighted by Gasteiger charge is -2.01. The SMILES string of the molecule is Cc1ccc2nc(NC(=O)CCCCCCN)sc2c1.Cl. The topological polar surface area (TPSA) is 68.0 Å². The van der Waals surface area contributed by atoms with Gasteiger partial charge >= 0.3 is 0 Å². The van der Waals surface area contributed by atoms with E-state index in [1.54, 1.807) is 0 Å². The van der Waals surface area contributed by atoms with Gasteiger partial charge in [0.2, 0.25) is 5.91 Å². The van der Waals surface area contributed by atoms with Crippen LogP contribution in [0.5, 0.6) is 0 Å². The minimum Gasteiger partial charge on any atom is -0.330 e. The van der Waals surface area contributed by atoms with E-state index >= 15 is 0 Å². The number of nitrogens with one attached hydrogen (secondary N) is 1. The third-order valence-corrected chi connectivity index (χ3v) is 4.08. The van der Waals surface area contributed by atoms with Crippen molar-refractivity contribution in [1.29, 1.82) is 0 Å². The molecule has 1 heterocycles. The summed E-state index contributed by atoms with van der Waals surface area (Å²) in [5.41, 5.74) is 7.58. The molecule has 0 fully saturated rings. The predicted molar refractivity (Wildman–Crippen MR) is 92.4 cm³/mol. The average molecular weight is 328 g/mol. The van der Waals surface area contributed by atoms with Crippen LogP contribution in [0.1, 0.15) is 37.7 Å². The predicted octanol–water partition coefficient (Wildman–Crippen LogP) is 3.87. The molecule has 1 aromatic heterocycles. The summed E-state index contributed by atoms with van der Waals surface area (Å²) in [6, 6.07) is 6.12. The van der Waals surface area contributed by atoms with Crippen molar-refractivity contribution in [3.8, 4) is 0 Å². The molecule has 0 saturated carbocycles. The Hall–Kier alpha value is -1.17. The van der Waals surface area contributed by atoms with Gasteiger partial charge in [0.15, 0.2) is 5.13 Å². The molecule has 116 valence electrons. The highest BCUT2D eigenvalue weighted by Crippen LogP contribution is 2.26. The Morgan fingerprint density at radius 3 is 2.81 bits per heavy atom. The monoisotopic (exact) mass is 327 g/mol. The van der Waals surface area contributed by atoms with Gasteiger partial charge in [-0.3, -0.25) is 4.79 Å². The molecule has 2 rings (SSSR count). The highest BCUT2D eigenvalue weighted by molar-refractivity contribution is 7.22. The maximum atomic E-state index is 11.8. The molecule has 0 unspecified atom stereocenters. The molecule has 0 spiro atoms. The van der Waals surface area contributed by atoms with E-state index in [1.165, 1.54) is 16.9 Å². The lowest BCUT2D eigenvalue weighted by molar-refractivity contribution is -0.116. The molecule has 4 nitrogen and oxygen atoms in total. The number of aromatic nitrogens is 1. The summed E-state index contributed by atoms with van der Waals surface area (Å²) in [5.74, 6) is 0.0496. The molecule has 0 saturated heterocycles. The van der Waals surface area contributed by atoms with E-state index in [9.17, 15) is 4.79 Å². The van der Waals surface area contributed by atoms with E-state index in [0.717, 1.165) is 42.4 Å². The van der Waals surface area contributed by atoms with Gasteiger partial charge in [0.1, 0.15) is 0 Å². The molecule has 0 aliphatic rings. The summed E-state index contributed by atoms with van der Waals surface area (Å²) in [6.07, 6.45) is 4.67. The number of rotatable bonds is 7. The molecular weight excluding hydrogens is 306 g/mol. The molecule has 0 bridgehead atoms.